The number of carbonyl (C=O) groups is 3. The van der Waals surface area contributed by atoms with Crippen LogP contribution < -0.4 is 11.1 Å². The second-order valence-electron chi connectivity index (χ2n) is 11.6. The molecular weight excluding hydrogens is 523 g/mol. The van der Waals surface area contributed by atoms with Gasteiger partial charge in [-0.25, -0.2) is 9.18 Å². The van der Waals surface area contributed by atoms with Crippen LogP contribution in [0.4, 0.5) is 10.1 Å². The van der Waals surface area contributed by atoms with E-state index in [1.165, 1.54) is 6.42 Å². The third kappa shape index (κ3) is 5.66. The van der Waals surface area contributed by atoms with E-state index in [0.29, 0.717) is 41.9 Å². The van der Waals surface area contributed by atoms with Gasteiger partial charge in [0.15, 0.2) is 0 Å². The van der Waals surface area contributed by atoms with Crippen molar-refractivity contribution >= 4 is 46.0 Å². The molecular formula is C29H38ClFN4O4. The predicted octanol–water partition coefficient (Wildman–Crippen LogP) is 5.36. The van der Waals surface area contributed by atoms with Crippen LogP contribution in [-0.2, 0) is 9.59 Å². The molecule has 1 saturated heterocycles. The summed E-state index contributed by atoms with van der Waals surface area (Å²) in [5, 5.41) is 13.0. The summed E-state index contributed by atoms with van der Waals surface area (Å²) in [7, 11) is 0. The van der Waals surface area contributed by atoms with Gasteiger partial charge in [-0.2, -0.15) is 0 Å². The number of H-pyrrole nitrogens is 1. The molecule has 39 heavy (non-hydrogen) atoms. The monoisotopic (exact) mass is 560 g/mol. The number of fused-ring (bicyclic) bond motifs is 1. The second kappa shape index (κ2) is 11.8. The Morgan fingerprint density at radius 3 is 2.49 bits per heavy atom. The average Bonchev–Trinajstić information content (AvgIpc) is 3.54. The quantitative estimate of drug-likeness (QED) is 0.362. The van der Waals surface area contributed by atoms with Crippen molar-refractivity contribution in [2.75, 3.05) is 18.5 Å². The van der Waals surface area contributed by atoms with Gasteiger partial charge in [0.25, 0.3) is 0 Å². The molecule has 2 heterocycles. The minimum atomic E-state index is -1.15. The lowest BCUT2D eigenvalue weighted by atomic mass is 9.76. The van der Waals surface area contributed by atoms with Crippen molar-refractivity contribution in [3.8, 4) is 0 Å². The molecule has 2 aliphatic carbocycles. The number of nitrogens with one attached hydrogen (secondary N) is 2. The number of hydrogen-bond acceptors (Lipinski definition) is 4. The van der Waals surface area contributed by atoms with Gasteiger partial charge in [-0.3, -0.25) is 9.59 Å². The third-order valence-electron chi connectivity index (χ3n) is 9.37. The van der Waals surface area contributed by atoms with Crippen molar-refractivity contribution in [1.29, 1.82) is 0 Å². The first-order valence-corrected chi connectivity index (χ1v) is 14.6. The van der Waals surface area contributed by atoms with Crippen molar-refractivity contribution < 1.29 is 23.9 Å². The third-order valence-corrected chi connectivity index (χ3v) is 9.77. The van der Waals surface area contributed by atoms with Gasteiger partial charge >= 0.3 is 5.97 Å². The number of alkyl halides is 1. The fourth-order valence-electron chi connectivity index (χ4n) is 7.21. The molecule has 3 atom stereocenters. The Labute approximate surface area is 232 Å². The van der Waals surface area contributed by atoms with Crippen LogP contribution in [0.2, 0.25) is 5.02 Å². The molecule has 0 bridgehead atoms. The molecule has 1 aromatic carbocycles. The number of benzene rings is 1. The number of aromatic nitrogens is 1. The molecule has 1 aliphatic heterocycles. The molecule has 3 fully saturated rings. The number of amides is 2. The molecule has 0 radical (unpaired) electrons. The Morgan fingerprint density at radius 2 is 1.82 bits per heavy atom. The van der Waals surface area contributed by atoms with E-state index >= 15 is 0 Å². The van der Waals surface area contributed by atoms with Crippen LogP contribution in [0.25, 0.3) is 10.9 Å². The minimum Gasteiger partial charge on any atom is -0.477 e. The van der Waals surface area contributed by atoms with Crippen LogP contribution in [0.15, 0.2) is 18.2 Å². The Bertz CT molecular complexity index is 1220. The Hall–Kier alpha value is -2.65. The molecule has 2 aromatic rings. The van der Waals surface area contributed by atoms with Crippen molar-refractivity contribution in [1.82, 2.24) is 9.88 Å². The molecule has 5 N–H and O–H groups in total. The maximum absolute atomic E-state index is 13.9. The van der Waals surface area contributed by atoms with E-state index in [0.717, 1.165) is 44.9 Å². The van der Waals surface area contributed by atoms with Crippen molar-refractivity contribution in [3.05, 3.63) is 28.9 Å². The van der Waals surface area contributed by atoms with E-state index in [4.69, 9.17) is 17.3 Å². The number of anilines is 1. The van der Waals surface area contributed by atoms with Crippen molar-refractivity contribution in [2.45, 2.75) is 76.3 Å². The van der Waals surface area contributed by atoms with Gasteiger partial charge in [0.05, 0.1) is 5.02 Å². The summed E-state index contributed by atoms with van der Waals surface area (Å²) in [4.78, 5) is 43.7. The minimum absolute atomic E-state index is 0.0240. The molecule has 1 aromatic heterocycles. The topological polar surface area (TPSA) is 129 Å². The molecule has 8 nitrogen and oxygen atoms in total. The van der Waals surface area contributed by atoms with E-state index in [1.807, 2.05) is 0 Å². The van der Waals surface area contributed by atoms with Crippen LogP contribution in [-0.4, -0.2) is 58.1 Å². The smallest absolute Gasteiger partial charge is 0.353 e. The highest BCUT2D eigenvalue weighted by atomic mass is 35.5. The standard InChI is InChI=1S/C29H38ClFN4O4/c30-24-21-14-19(10-11-23(21)34-25(24)29(38)39)33-27(36)26-20(16-4-2-1-3-5-16)12-13-35(26)28(37)18-8-6-17(7-9-18)22(32)15-31/h10-11,14,16-18,20,22,26,34H,1-9,12-13,15,32H2,(H,33,36)(H,38,39)/t17?,18?,20?,22-,26+/m1/s1. The van der Waals surface area contributed by atoms with Gasteiger partial charge in [0.2, 0.25) is 11.8 Å². The normalized spacial score (nSPS) is 27.0. The number of carboxylic acids is 1. The highest BCUT2D eigenvalue weighted by Gasteiger charge is 2.47. The summed E-state index contributed by atoms with van der Waals surface area (Å²) < 4.78 is 13.1. The molecule has 0 spiro atoms. The fraction of sp³-hybridized carbons (Fsp3) is 0.621. The van der Waals surface area contributed by atoms with Crippen LogP contribution in [0, 0.1) is 23.7 Å². The molecule has 10 heteroatoms. The van der Waals surface area contributed by atoms with Crippen LogP contribution in [0.1, 0.15) is 74.7 Å². The van der Waals surface area contributed by atoms with Crippen LogP contribution >= 0.6 is 11.6 Å². The van der Waals surface area contributed by atoms with Gasteiger partial charge in [-0.15, -0.1) is 0 Å². The summed E-state index contributed by atoms with van der Waals surface area (Å²) in [6, 6.07) is 4.05. The lowest BCUT2D eigenvalue weighted by Crippen LogP contribution is -2.50. The van der Waals surface area contributed by atoms with Gasteiger partial charge in [-0.05, 0) is 68.1 Å². The Morgan fingerprint density at radius 1 is 1.10 bits per heavy atom. The van der Waals surface area contributed by atoms with E-state index in [2.05, 4.69) is 10.3 Å². The highest BCUT2D eigenvalue weighted by Crippen LogP contribution is 2.41. The maximum Gasteiger partial charge on any atom is 0.353 e. The number of carbonyl (C=O) groups excluding carboxylic acids is 2. The van der Waals surface area contributed by atoms with Gasteiger partial charge in [-0.1, -0.05) is 43.7 Å². The van der Waals surface area contributed by atoms with E-state index in [1.54, 1.807) is 23.1 Å². The highest BCUT2D eigenvalue weighted by molar-refractivity contribution is 6.38. The predicted molar refractivity (Wildman–Crippen MR) is 148 cm³/mol. The van der Waals surface area contributed by atoms with Crippen molar-refractivity contribution in [3.63, 3.8) is 0 Å². The van der Waals surface area contributed by atoms with E-state index in [9.17, 15) is 23.9 Å². The number of aromatic carboxylic acids is 1. The van der Waals surface area contributed by atoms with E-state index < -0.39 is 24.7 Å². The van der Waals surface area contributed by atoms with E-state index in [-0.39, 0.29) is 40.3 Å². The zero-order valence-corrected chi connectivity index (χ0v) is 22.9. The van der Waals surface area contributed by atoms with Gasteiger partial charge < -0.3 is 26.0 Å². The first-order valence-electron chi connectivity index (χ1n) is 14.3. The van der Waals surface area contributed by atoms with Crippen LogP contribution in [0.3, 0.4) is 0 Å². The fourth-order valence-corrected chi connectivity index (χ4v) is 7.49. The lowest BCUT2D eigenvalue weighted by molar-refractivity contribution is -0.142. The zero-order valence-electron chi connectivity index (χ0n) is 22.1. The number of halogens is 2. The first kappa shape index (κ1) is 27.9. The lowest BCUT2D eigenvalue weighted by Gasteiger charge is -2.36. The Kier molecular flexibility index (Phi) is 8.47. The van der Waals surface area contributed by atoms with Crippen molar-refractivity contribution in [2.24, 2.45) is 29.4 Å². The maximum atomic E-state index is 13.9. The molecule has 1 unspecified atom stereocenters. The van der Waals surface area contributed by atoms with Gasteiger partial charge in [0.1, 0.15) is 18.4 Å². The first-order chi connectivity index (χ1) is 18.8. The zero-order chi connectivity index (χ0) is 27.7. The summed E-state index contributed by atoms with van der Waals surface area (Å²) in [6.07, 6.45) is 9.27. The molecule has 3 aliphatic rings. The second-order valence-corrected chi connectivity index (χ2v) is 12.0. The Balaban J connectivity index is 1.36. The summed E-state index contributed by atoms with van der Waals surface area (Å²) in [6.45, 7) is 0.0186. The SMILES string of the molecule is N[C@H](CF)C1CCC(C(=O)N2CCC(C3CCCCC3)[C@H]2C(=O)Nc2ccc3[nH]c(C(=O)O)c(Cl)c3c2)CC1. The number of aromatic amines is 1. The number of hydrogen-bond donors (Lipinski definition) is 4. The molecule has 212 valence electrons. The van der Waals surface area contributed by atoms with Crippen LogP contribution in [0.5, 0.6) is 0 Å². The number of nitrogens with zero attached hydrogens (tertiary/aromatic N) is 1. The summed E-state index contributed by atoms with van der Waals surface area (Å²) in [5.41, 5.74) is 6.90. The largest absolute Gasteiger partial charge is 0.477 e. The average molecular weight is 561 g/mol. The number of carboxylic acid groups (broad SMARTS) is 1. The summed E-state index contributed by atoms with van der Waals surface area (Å²) in [5.74, 6) is -0.904. The van der Waals surface area contributed by atoms with Gasteiger partial charge in [0, 0.05) is 35.1 Å². The molecule has 2 amide bonds. The number of likely N-dealkylation sites (tertiary alicyclic amines) is 1. The molecule has 2 saturated carbocycles. The molecule has 5 rings (SSSR count). The summed E-state index contributed by atoms with van der Waals surface area (Å²) >= 11 is 6.30. The number of nitrogens with two attached hydrogens (primary N) is 1. The number of rotatable bonds is 7.